The van der Waals surface area contributed by atoms with E-state index >= 15 is 0 Å². The molecular formula is C13H17BrFN. The number of nitrogens with one attached hydrogen (secondary N) is 1. The summed E-state index contributed by atoms with van der Waals surface area (Å²) in [4.78, 5) is 0. The molecule has 2 rings (SSSR count). The van der Waals surface area contributed by atoms with Gasteiger partial charge in [0.25, 0.3) is 0 Å². The third kappa shape index (κ3) is 1.97. The van der Waals surface area contributed by atoms with E-state index in [-0.39, 0.29) is 5.82 Å². The third-order valence-electron chi connectivity index (χ3n) is 3.60. The first-order valence-electron chi connectivity index (χ1n) is 5.90. The number of hydrogen-bond acceptors (Lipinski definition) is 1. The number of halogens is 2. The van der Waals surface area contributed by atoms with Crippen LogP contribution >= 0.6 is 15.9 Å². The van der Waals surface area contributed by atoms with E-state index in [1.807, 2.05) is 0 Å². The SMILES string of the molecule is CCC(CC)C1CNc2c(Br)cc(F)cc21. The summed E-state index contributed by atoms with van der Waals surface area (Å²) in [7, 11) is 0. The fourth-order valence-electron chi connectivity index (χ4n) is 2.67. The van der Waals surface area contributed by atoms with Gasteiger partial charge in [-0.15, -0.1) is 0 Å². The highest BCUT2D eigenvalue weighted by atomic mass is 79.9. The van der Waals surface area contributed by atoms with E-state index in [2.05, 4.69) is 35.1 Å². The number of benzene rings is 1. The largest absolute Gasteiger partial charge is 0.383 e. The highest BCUT2D eigenvalue weighted by molar-refractivity contribution is 9.10. The van der Waals surface area contributed by atoms with Crippen molar-refractivity contribution < 1.29 is 4.39 Å². The van der Waals surface area contributed by atoms with E-state index in [0.29, 0.717) is 11.8 Å². The molecule has 1 atom stereocenters. The van der Waals surface area contributed by atoms with Crippen LogP contribution in [0.15, 0.2) is 16.6 Å². The summed E-state index contributed by atoms with van der Waals surface area (Å²) in [5, 5.41) is 3.38. The van der Waals surface area contributed by atoms with Crippen molar-refractivity contribution in [2.24, 2.45) is 5.92 Å². The Morgan fingerprint density at radius 2 is 2.12 bits per heavy atom. The lowest BCUT2D eigenvalue weighted by molar-refractivity contribution is 0.417. The topological polar surface area (TPSA) is 12.0 Å². The van der Waals surface area contributed by atoms with Crippen LogP contribution in [-0.2, 0) is 0 Å². The first kappa shape index (κ1) is 11.9. The van der Waals surface area contributed by atoms with Crippen LogP contribution in [0.25, 0.3) is 0 Å². The Morgan fingerprint density at radius 3 is 2.75 bits per heavy atom. The van der Waals surface area contributed by atoms with Gasteiger partial charge in [-0.2, -0.15) is 0 Å². The average molecular weight is 286 g/mol. The maximum atomic E-state index is 13.4. The van der Waals surface area contributed by atoms with Gasteiger partial charge in [-0.3, -0.25) is 0 Å². The number of anilines is 1. The van der Waals surface area contributed by atoms with E-state index in [1.165, 1.54) is 6.07 Å². The van der Waals surface area contributed by atoms with Gasteiger partial charge in [0.05, 0.1) is 5.69 Å². The molecule has 0 saturated heterocycles. The zero-order valence-corrected chi connectivity index (χ0v) is 11.3. The second kappa shape index (κ2) is 4.74. The van der Waals surface area contributed by atoms with Gasteiger partial charge in [-0.1, -0.05) is 26.7 Å². The molecule has 0 bridgehead atoms. The molecule has 1 aromatic carbocycles. The summed E-state index contributed by atoms with van der Waals surface area (Å²) in [6.45, 7) is 5.35. The van der Waals surface area contributed by atoms with Crippen molar-refractivity contribution in [3.8, 4) is 0 Å². The van der Waals surface area contributed by atoms with Crippen molar-refractivity contribution in [1.29, 1.82) is 0 Å². The maximum Gasteiger partial charge on any atom is 0.124 e. The molecule has 3 heteroatoms. The van der Waals surface area contributed by atoms with Crippen LogP contribution in [0.1, 0.15) is 38.2 Å². The molecule has 0 aromatic heterocycles. The molecule has 1 aliphatic rings. The monoisotopic (exact) mass is 285 g/mol. The van der Waals surface area contributed by atoms with Gasteiger partial charge in [0.2, 0.25) is 0 Å². The minimum absolute atomic E-state index is 0.148. The van der Waals surface area contributed by atoms with Crippen LogP contribution in [0.5, 0.6) is 0 Å². The Labute approximate surface area is 105 Å². The molecule has 0 radical (unpaired) electrons. The van der Waals surface area contributed by atoms with Gasteiger partial charge in [-0.05, 0) is 39.5 Å². The van der Waals surface area contributed by atoms with Gasteiger partial charge < -0.3 is 5.32 Å². The smallest absolute Gasteiger partial charge is 0.124 e. The lowest BCUT2D eigenvalue weighted by atomic mass is 9.84. The average Bonchev–Trinajstić information content (AvgIpc) is 2.64. The predicted molar refractivity (Wildman–Crippen MR) is 69.4 cm³/mol. The molecule has 1 aromatic rings. The molecule has 1 unspecified atom stereocenters. The summed E-state index contributed by atoms with van der Waals surface area (Å²) in [6, 6.07) is 3.21. The van der Waals surface area contributed by atoms with E-state index < -0.39 is 0 Å². The van der Waals surface area contributed by atoms with Crippen LogP contribution in [0.3, 0.4) is 0 Å². The summed E-state index contributed by atoms with van der Waals surface area (Å²) in [5.41, 5.74) is 2.22. The van der Waals surface area contributed by atoms with E-state index in [9.17, 15) is 4.39 Å². The van der Waals surface area contributed by atoms with Crippen LogP contribution in [0.4, 0.5) is 10.1 Å². The van der Waals surface area contributed by atoms with Gasteiger partial charge in [0.15, 0.2) is 0 Å². The number of rotatable bonds is 3. The van der Waals surface area contributed by atoms with Crippen molar-refractivity contribution in [2.75, 3.05) is 11.9 Å². The van der Waals surface area contributed by atoms with E-state index in [4.69, 9.17) is 0 Å². The molecule has 1 nitrogen and oxygen atoms in total. The normalized spacial score (nSPS) is 18.7. The molecule has 1 aliphatic heterocycles. The molecule has 1 N–H and O–H groups in total. The fraction of sp³-hybridized carbons (Fsp3) is 0.538. The van der Waals surface area contributed by atoms with Crippen LogP contribution in [0, 0.1) is 11.7 Å². The minimum atomic E-state index is -0.148. The predicted octanol–water partition coefficient (Wildman–Crippen LogP) is 4.53. The number of hydrogen-bond donors (Lipinski definition) is 1. The van der Waals surface area contributed by atoms with Gasteiger partial charge in [0, 0.05) is 16.9 Å². The molecule has 0 saturated carbocycles. The standard InChI is InChI=1S/C13H17BrFN/c1-3-8(4-2)11-7-16-13-10(11)5-9(15)6-12(13)14/h5-6,8,11,16H,3-4,7H2,1-2H3. The fourth-order valence-corrected chi connectivity index (χ4v) is 3.26. The molecular weight excluding hydrogens is 269 g/mol. The lowest BCUT2D eigenvalue weighted by Gasteiger charge is -2.20. The highest BCUT2D eigenvalue weighted by Crippen LogP contribution is 2.42. The zero-order valence-electron chi connectivity index (χ0n) is 9.69. The Bertz CT molecular complexity index is 388. The minimum Gasteiger partial charge on any atom is -0.383 e. The van der Waals surface area contributed by atoms with Crippen molar-refractivity contribution in [3.05, 3.63) is 28.0 Å². The summed E-state index contributed by atoms with van der Waals surface area (Å²) < 4.78 is 14.3. The molecule has 0 amide bonds. The van der Waals surface area contributed by atoms with Crippen molar-refractivity contribution in [2.45, 2.75) is 32.6 Å². The third-order valence-corrected chi connectivity index (χ3v) is 4.23. The Balaban J connectivity index is 2.38. The Hall–Kier alpha value is -0.570. The Morgan fingerprint density at radius 1 is 1.44 bits per heavy atom. The van der Waals surface area contributed by atoms with Crippen molar-refractivity contribution in [3.63, 3.8) is 0 Å². The van der Waals surface area contributed by atoms with Gasteiger partial charge >= 0.3 is 0 Å². The number of fused-ring (bicyclic) bond motifs is 1. The Kier molecular flexibility index (Phi) is 3.53. The van der Waals surface area contributed by atoms with Gasteiger partial charge in [0.1, 0.15) is 5.82 Å². The molecule has 0 fully saturated rings. The second-order valence-corrected chi connectivity index (χ2v) is 5.27. The van der Waals surface area contributed by atoms with E-state index in [1.54, 1.807) is 6.07 Å². The van der Waals surface area contributed by atoms with Crippen LogP contribution in [0.2, 0.25) is 0 Å². The van der Waals surface area contributed by atoms with Crippen LogP contribution < -0.4 is 5.32 Å². The van der Waals surface area contributed by atoms with E-state index in [0.717, 1.165) is 35.1 Å². The first-order valence-corrected chi connectivity index (χ1v) is 6.69. The molecule has 16 heavy (non-hydrogen) atoms. The summed E-state index contributed by atoms with van der Waals surface area (Å²) in [5.74, 6) is 0.949. The van der Waals surface area contributed by atoms with Crippen molar-refractivity contribution in [1.82, 2.24) is 0 Å². The van der Waals surface area contributed by atoms with Gasteiger partial charge in [-0.25, -0.2) is 4.39 Å². The molecule has 0 spiro atoms. The lowest BCUT2D eigenvalue weighted by Crippen LogP contribution is -2.13. The quantitative estimate of drug-likeness (QED) is 0.860. The molecule has 0 aliphatic carbocycles. The maximum absolute atomic E-state index is 13.4. The summed E-state index contributed by atoms with van der Waals surface area (Å²) >= 11 is 3.42. The van der Waals surface area contributed by atoms with Crippen molar-refractivity contribution >= 4 is 21.6 Å². The molecule has 88 valence electrons. The summed E-state index contributed by atoms with van der Waals surface area (Å²) in [6.07, 6.45) is 2.30. The highest BCUT2D eigenvalue weighted by Gasteiger charge is 2.29. The second-order valence-electron chi connectivity index (χ2n) is 4.42. The zero-order chi connectivity index (χ0) is 11.7. The molecule has 1 heterocycles. The van der Waals surface area contributed by atoms with Crippen LogP contribution in [-0.4, -0.2) is 6.54 Å². The first-order chi connectivity index (χ1) is 7.67.